The third kappa shape index (κ3) is 3.81. The molecule has 24 heavy (non-hydrogen) atoms. The van der Waals surface area contributed by atoms with Crippen LogP contribution in [0, 0.1) is 12.7 Å². The highest BCUT2D eigenvalue weighted by atomic mass is 35.5. The van der Waals surface area contributed by atoms with Crippen molar-refractivity contribution >= 4 is 23.2 Å². The fraction of sp³-hybridized carbons (Fsp3) is 0.111. The van der Waals surface area contributed by atoms with Crippen LogP contribution in [-0.2, 0) is 11.2 Å². The molecule has 0 radical (unpaired) electrons. The number of hydrogen-bond donors (Lipinski definition) is 1. The Hall–Kier alpha value is -2.66. The molecular formula is C18H15ClFN3O. The molecule has 0 bridgehead atoms. The van der Waals surface area contributed by atoms with Crippen molar-refractivity contribution < 1.29 is 9.18 Å². The normalized spacial score (nSPS) is 10.6. The maximum atomic E-state index is 13.0. The number of halogens is 2. The van der Waals surface area contributed by atoms with E-state index in [0.29, 0.717) is 16.4 Å². The first-order valence-electron chi connectivity index (χ1n) is 7.37. The Morgan fingerprint density at radius 2 is 2.00 bits per heavy atom. The fourth-order valence-electron chi connectivity index (χ4n) is 2.36. The van der Waals surface area contributed by atoms with Crippen LogP contribution in [-0.4, -0.2) is 15.7 Å². The molecule has 1 N–H and O–H groups in total. The van der Waals surface area contributed by atoms with E-state index in [1.807, 2.05) is 19.1 Å². The molecule has 1 heterocycles. The summed E-state index contributed by atoms with van der Waals surface area (Å²) >= 11 is 6.11. The molecule has 0 aliphatic carbocycles. The first-order chi connectivity index (χ1) is 11.5. The zero-order chi connectivity index (χ0) is 17.1. The van der Waals surface area contributed by atoms with Gasteiger partial charge in [-0.15, -0.1) is 0 Å². The lowest BCUT2D eigenvalue weighted by molar-refractivity contribution is -0.115. The summed E-state index contributed by atoms with van der Waals surface area (Å²) in [6.07, 6.45) is 2.63. The molecule has 0 saturated carbocycles. The Morgan fingerprint density at radius 1 is 1.25 bits per heavy atom. The summed E-state index contributed by atoms with van der Waals surface area (Å²) in [6, 6.07) is 12.6. The van der Waals surface area contributed by atoms with E-state index in [-0.39, 0.29) is 12.3 Å². The minimum Gasteiger partial charge on any atom is -0.326 e. The molecule has 3 aromatic rings. The van der Waals surface area contributed by atoms with Crippen LogP contribution in [0.1, 0.15) is 11.1 Å². The Balaban J connectivity index is 1.67. The van der Waals surface area contributed by atoms with E-state index in [1.54, 1.807) is 30.3 Å². The van der Waals surface area contributed by atoms with Gasteiger partial charge in [-0.05, 0) is 42.8 Å². The van der Waals surface area contributed by atoms with Gasteiger partial charge in [-0.2, -0.15) is 5.10 Å². The topological polar surface area (TPSA) is 46.9 Å². The van der Waals surface area contributed by atoms with Crippen LogP contribution >= 0.6 is 11.6 Å². The predicted molar refractivity (Wildman–Crippen MR) is 92.0 cm³/mol. The summed E-state index contributed by atoms with van der Waals surface area (Å²) in [5, 5.41) is 7.29. The van der Waals surface area contributed by atoms with Gasteiger partial charge in [0.1, 0.15) is 0 Å². The van der Waals surface area contributed by atoms with Gasteiger partial charge < -0.3 is 5.32 Å². The lowest BCUT2D eigenvalue weighted by Gasteiger charge is -2.08. The third-order valence-electron chi connectivity index (χ3n) is 3.52. The van der Waals surface area contributed by atoms with Crippen LogP contribution in [0.25, 0.3) is 5.69 Å². The number of rotatable bonds is 4. The first-order valence-corrected chi connectivity index (χ1v) is 7.74. The second kappa shape index (κ2) is 6.84. The molecular weight excluding hydrogens is 329 g/mol. The van der Waals surface area contributed by atoms with E-state index in [1.165, 1.54) is 10.9 Å². The second-order valence-corrected chi connectivity index (χ2v) is 5.88. The van der Waals surface area contributed by atoms with Crippen LogP contribution < -0.4 is 5.32 Å². The van der Waals surface area contributed by atoms with E-state index in [9.17, 15) is 9.18 Å². The van der Waals surface area contributed by atoms with Crippen molar-refractivity contribution in [1.82, 2.24) is 9.78 Å². The van der Waals surface area contributed by atoms with Gasteiger partial charge in [0.2, 0.25) is 5.91 Å². The van der Waals surface area contributed by atoms with Gasteiger partial charge in [-0.25, -0.2) is 9.07 Å². The van der Waals surface area contributed by atoms with Crippen molar-refractivity contribution in [1.29, 1.82) is 0 Å². The van der Waals surface area contributed by atoms with Crippen molar-refractivity contribution in [3.8, 4) is 5.69 Å². The molecule has 0 spiro atoms. The van der Waals surface area contributed by atoms with Gasteiger partial charge in [-0.1, -0.05) is 29.3 Å². The average molecular weight is 344 g/mol. The molecule has 0 atom stereocenters. The highest BCUT2D eigenvalue weighted by Gasteiger charge is 2.08. The van der Waals surface area contributed by atoms with Gasteiger partial charge in [0.05, 0.1) is 24.5 Å². The lowest BCUT2D eigenvalue weighted by atomic mass is 10.1. The number of anilines is 1. The van der Waals surface area contributed by atoms with Crippen LogP contribution in [0.2, 0.25) is 5.02 Å². The molecule has 0 unspecified atom stereocenters. The molecule has 2 aromatic carbocycles. The summed E-state index contributed by atoms with van der Waals surface area (Å²) in [5.41, 5.74) is 3.20. The quantitative estimate of drug-likeness (QED) is 0.773. The molecule has 0 saturated heterocycles. The van der Waals surface area contributed by atoms with Crippen LogP contribution in [0.4, 0.5) is 10.1 Å². The summed E-state index contributed by atoms with van der Waals surface area (Å²) in [6.45, 7) is 1.95. The van der Waals surface area contributed by atoms with E-state index < -0.39 is 5.82 Å². The van der Waals surface area contributed by atoms with Gasteiger partial charge >= 0.3 is 0 Å². The minimum atomic E-state index is -0.401. The summed E-state index contributed by atoms with van der Waals surface area (Å²) in [4.78, 5) is 12.2. The van der Waals surface area contributed by atoms with Gasteiger partial charge in [-0.3, -0.25) is 4.79 Å². The molecule has 1 amide bonds. The average Bonchev–Trinajstić information content (AvgIpc) is 2.98. The largest absolute Gasteiger partial charge is 0.326 e. The smallest absolute Gasteiger partial charge is 0.228 e. The standard InChI is InChI=1S/C18H15ClFN3O/c1-12-2-7-17(19)13(8-12)9-18(24)22-15-3-5-16(6-4-15)23-11-14(20)10-21-23/h2-8,10-11H,9H2,1H3,(H,22,24). The van der Waals surface area contributed by atoms with Gasteiger partial charge in [0.25, 0.3) is 0 Å². The Kier molecular flexibility index (Phi) is 4.62. The Bertz CT molecular complexity index is 874. The summed E-state index contributed by atoms with van der Waals surface area (Å²) in [7, 11) is 0. The number of aryl methyl sites for hydroxylation is 1. The number of nitrogens with one attached hydrogen (secondary N) is 1. The molecule has 1 aromatic heterocycles. The zero-order valence-corrected chi connectivity index (χ0v) is 13.7. The van der Waals surface area contributed by atoms with Crippen LogP contribution in [0.5, 0.6) is 0 Å². The van der Waals surface area contributed by atoms with E-state index in [0.717, 1.165) is 17.3 Å². The molecule has 3 rings (SSSR count). The number of amides is 1. The van der Waals surface area contributed by atoms with E-state index >= 15 is 0 Å². The molecule has 0 aliphatic heterocycles. The number of nitrogens with zero attached hydrogens (tertiary/aromatic N) is 2. The second-order valence-electron chi connectivity index (χ2n) is 5.47. The third-order valence-corrected chi connectivity index (χ3v) is 3.89. The highest BCUT2D eigenvalue weighted by Crippen LogP contribution is 2.19. The molecule has 4 nitrogen and oxygen atoms in total. The fourth-order valence-corrected chi connectivity index (χ4v) is 2.54. The summed E-state index contributed by atoms with van der Waals surface area (Å²) < 4.78 is 14.4. The molecule has 0 aliphatic rings. The van der Waals surface area contributed by atoms with Crippen molar-refractivity contribution in [2.24, 2.45) is 0 Å². The predicted octanol–water partition coefficient (Wildman–Crippen LogP) is 4.15. The van der Waals surface area contributed by atoms with Crippen LogP contribution in [0.15, 0.2) is 54.9 Å². The maximum Gasteiger partial charge on any atom is 0.228 e. The van der Waals surface area contributed by atoms with Crippen LogP contribution in [0.3, 0.4) is 0 Å². The lowest BCUT2D eigenvalue weighted by Crippen LogP contribution is -2.14. The Labute approximate surface area is 143 Å². The monoisotopic (exact) mass is 343 g/mol. The van der Waals surface area contributed by atoms with E-state index in [4.69, 9.17) is 11.6 Å². The van der Waals surface area contributed by atoms with Gasteiger partial charge in [0.15, 0.2) is 5.82 Å². The molecule has 0 fully saturated rings. The number of carbonyl (C=O) groups excluding carboxylic acids is 1. The highest BCUT2D eigenvalue weighted by molar-refractivity contribution is 6.31. The minimum absolute atomic E-state index is 0.152. The van der Waals surface area contributed by atoms with Crippen molar-refractivity contribution in [3.05, 3.63) is 76.8 Å². The Morgan fingerprint density at radius 3 is 2.67 bits per heavy atom. The number of benzene rings is 2. The number of carbonyl (C=O) groups is 1. The molecule has 122 valence electrons. The van der Waals surface area contributed by atoms with Crippen molar-refractivity contribution in [2.75, 3.05) is 5.32 Å². The SMILES string of the molecule is Cc1ccc(Cl)c(CC(=O)Nc2ccc(-n3cc(F)cn3)cc2)c1. The first kappa shape index (κ1) is 16.2. The molecule has 6 heteroatoms. The maximum absolute atomic E-state index is 13.0. The van der Waals surface area contributed by atoms with Crippen molar-refractivity contribution in [3.63, 3.8) is 0 Å². The van der Waals surface area contributed by atoms with Gasteiger partial charge in [0, 0.05) is 10.7 Å². The number of aromatic nitrogens is 2. The number of hydrogen-bond acceptors (Lipinski definition) is 2. The van der Waals surface area contributed by atoms with E-state index in [2.05, 4.69) is 10.4 Å². The zero-order valence-electron chi connectivity index (χ0n) is 13.0. The van der Waals surface area contributed by atoms with Crippen molar-refractivity contribution in [2.45, 2.75) is 13.3 Å². The summed E-state index contributed by atoms with van der Waals surface area (Å²) in [5.74, 6) is -0.553.